The van der Waals surface area contributed by atoms with Gasteiger partial charge >= 0.3 is 6.03 Å². The van der Waals surface area contributed by atoms with Gasteiger partial charge in [0.2, 0.25) is 0 Å². The van der Waals surface area contributed by atoms with Crippen LogP contribution in [0.15, 0.2) is 48.5 Å². The zero-order chi connectivity index (χ0) is 15.8. The number of nitrogens with zero attached hydrogens (tertiary/aromatic N) is 2. The number of nitrogens with one attached hydrogen (secondary N) is 1. The van der Waals surface area contributed by atoms with Crippen LogP contribution in [0.2, 0.25) is 0 Å². The van der Waals surface area contributed by atoms with E-state index in [0.717, 1.165) is 5.69 Å². The Morgan fingerprint density at radius 1 is 1.00 bits per heavy atom. The van der Waals surface area contributed by atoms with E-state index in [2.05, 4.69) is 17.4 Å². The van der Waals surface area contributed by atoms with Crippen LogP contribution in [0.25, 0.3) is 0 Å². The fraction of sp³-hybridized carbons (Fsp3) is 0.222. The normalized spacial score (nSPS) is 16.4. The van der Waals surface area contributed by atoms with Crippen molar-refractivity contribution < 1.29 is 9.59 Å². The third-order valence-corrected chi connectivity index (χ3v) is 4.39. The smallest absolute Gasteiger partial charge is 0.321 e. The molecular formula is C18H17N3O2. The molecule has 0 unspecified atom stereocenters. The molecule has 23 heavy (non-hydrogen) atoms. The lowest BCUT2D eigenvalue weighted by molar-refractivity contribution is 0.0751. The molecule has 2 heterocycles. The molecule has 2 aromatic rings. The van der Waals surface area contributed by atoms with E-state index in [-0.39, 0.29) is 11.9 Å². The Hall–Kier alpha value is -2.82. The van der Waals surface area contributed by atoms with Crippen molar-refractivity contribution in [3.8, 4) is 0 Å². The molecule has 2 aliphatic rings. The van der Waals surface area contributed by atoms with E-state index < -0.39 is 0 Å². The van der Waals surface area contributed by atoms with Gasteiger partial charge in [0, 0.05) is 37.4 Å². The molecule has 1 fully saturated rings. The minimum Gasteiger partial charge on any atom is -0.336 e. The predicted octanol–water partition coefficient (Wildman–Crippen LogP) is 2.37. The summed E-state index contributed by atoms with van der Waals surface area (Å²) in [7, 11) is 0. The van der Waals surface area contributed by atoms with Crippen molar-refractivity contribution >= 4 is 17.6 Å². The van der Waals surface area contributed by atoms with Gasteiger partial charge in [-0.15, -0.1) is 0 Å². The number of carbonyl (C=O) groups excluding carboxylic acids is 2. The van der Waals surface area contributed by atoms with Crippen molar-refractivity contribution in [2.45, 2.75) is 13.1 Å². The van der Waals surface area contributed by atoms with Crippen molar-refractivity contribution in [1.82, 2.24) is 10.2 Å². The Labute approximate surface area is 134 Å². The maximum Gasteiger partial charge on any atom is 0.321 e. The molecule has 0 atom stereocenters. The van der Waals surface area contributed by atoms with Gasteiger partial charge in [-0.3, -0.25) is 9.69 Å². The summed E-state index contributed by atoms with van der Waals surface area (Å²) in [6.07, 6.45) is 0. The SMILES string of the molecule is O=C(c1cccc(N2CCNC2=O)c1)N1Cc2ccccc2C1. The van der Waals surface area contributed by atoms with E-state index in [1.165, 1.54) is 11.1 Å². The molecule has 0 radical (unpaired) electrons. The van der Waals surface area contributed by atoms with Crippen molar-refractivity contribution in [2.75, 3.05) is 18.0 Å². The van der Waals surface area contributed by atoms with Gasteiger partial charge in [-0.05, 0) is 29.3 Å². The maximum absolute atomic E-state index is 12.8. The van der Waals surface area contributed by atoms with E-state index in [9.17, 15) is 9.59 Å². The van der Waals surface area contributed by atoms with Crippen LogP contribution in [-0.4, -0.2) is 29.9 Å². The molecule has 0 aromatic heterocycles. The van der Waals surface area contributed by atoms with E-state index >= 15 is 0 Å². The molecule has 0 spiro atoms. The first-order valence-corrected chi connectivity index (χ1v) is 7.74. The molecule has 1 N–H and O–H groups in total. The summed E-state index contributed by atoms with van der Waals surface area (Å²) in [4.78, 5) is 28.1. The maximum atomic E-state index is 12.8. The Morgan fingerprint density at radius 3 is 2.39 bits per heavy atom. The quantitative estimate of drug-likeness (QED) is 0.926. The van der Waals surface area contributed by atoms with Gasteiger partial charge in [-0.1, -0.05) is 30.3 Å². The highest BCUT2D eigenvalue weighted by Gasteiger charge is 2.26. The summed E-state index contributed by atoms with van der Waals surface area (Å²) in [6, 6.07) is 15.3. The van der Waals surface area contributed by atoms with Gasteiger partial charge in [0.25, 0.3) is 5.91 Å². The summed E-state index contributed by atoms with van der Waals surface area (Å²) in [6.45, 7) is 2.55. The fourth-order valence-corrected chi connectivity index (χ4v) is 3.18. The van der Waals surface area contributed by atoms with Crippen molar-refractivity contribution in [2.24, 2.45) is 0 Å². The van der Waals surface area contributed by atoms with E-state index in [1.807, 2.05) is 35.2 Å². The van der Waals surface area contributed by atoms with Crippen LogP contribution in [0.3, 0.4) is 0 Å². The molecule has 0 saturated carbocycles. The van der Waals surface area contributed by atoms with Gasteiger partial charge in [-0.25, -0.2) is 4.79 Å². The number of hydrogen-bond donors (Lipinski definition) is 1. The third kappa shape index (κ3) is 2.44. The Balaban J connectivity index is 1.57. The number of fused-ring (bicyclic) bond motifs is 1. The van der Waals surface area contributed by atoms with Crippen LogP contribution in [0.5, 0.6) is 0 Å². The Morgan fingerprint density at radius 2 is 1.74 bits per heavy atom. The second-order valence-electron chi connectivity index (χ2n) is 5.86. The number of hydrogen-bond acceptors (Lipinski definition) is 2. The Kier molecular flexibility index (Phi) is 3.26. The fourth-order valence-electron chi connectivity index (χ4n) is 3.18. The average Bonchev–Trinajstić information content (AvgIpc) is 3.20. The van der Waals surface area contributed by atoms with Crippen LogP contribution in [-0.2, 0) is 13.1 Å². The van der Waals surface area contributed by atoms with Gasteiger partial charge < -0.3 is 10.2 Å². The van der Waals surface area contributed by atoms with Gasteiger partial charge in [-0.2, -0.15) is 0 Å². The summed E-state index contributed by atoms with van der Waals surface area (Å²) < 4.78 is 0. The summed E-state index contributed by atoms with van der Waals surface area (Å²) in [5.41, 5.74) is 3.80. The highest BCUT2D eigenvalue weighted by atomic mass is 16.2. The molecule has 5 heteroatoms. The molecule has 5 nitrogen and oxygen atoms in total. The van der Waals surface area contributed by atoms with E-state index in [0.29, 0.717) is 31.7 Å². The summed E-state index contributed by atoms with van der Waals surface area (Å²) in [5.74, 6) is 0.00246. The largest absolute Gasteiger partial charge is 0.336 e. The molecule has 3 amide bonds. The number of anilines is 1. The number of benzene rings is 2. The lowest BCUT2D eigenvalue weighted by Gasteiger charge is -2.18. The standard InChI is InChI=1S/C18H17N3O2/c22-17(20-11-14-4-1-2-5-15(14)12-20)13-6-3-7-16(10-13)21-9-8-19-18(21)23/h1-7,10H,8-9,11-12H2,(H,19,23). The van der Waals surface area contributed by atoms with Crippen LogP contribution in [0.4, 0.5) is 10.5 Å². The molecule has 116 valence electrons. The summed E-state index contributed by atoms with van der Waals surface area (Å²) >= 11 is 0. The van der Waals surface area contributed by atoms with Crippen molar-refractivity contribution in [3.05, 3.63) is 65.2 Å². The van der Waals surface area contributed by atoms with Crippen molar-refractivity contribution in [3.63, 3.8) is 0 Å². The zero-order valence-corrected chi connectivity index (χ0v) is 12.7. The van der Waals surface area contributed by atoms with Crippen LogP contribution < -0.4 is 10.2 Å². The predicted molar refractivity (Wildman–Crippen MR) is 87.2 cm³/mol. The third-order valence-electron chi connectivity index (χ3n) is 4.39. The highest BCUT2D eigenvalue weighted by Crippen LogP contribution is 2.25. The molecule has 4 rings (SSSR count). The van der Waals surface area contributed by atoms with Crippen molar-refractivity contribution in [1.29, 1.82) is 0 Å². The van der Waals surface area contributed by atoms with Gasteiger partial charge in [0.1, 0.15) is 0 Å². The van der Waals surface area contributed by atoms with Gasteiger partial charge in [0.15, 0.2) is 0 Å². The first-order valence-electron chi connectivity index (χ1n) is 7.74. The Bertz CT molecular complexity index is 762. The number of amides is 3. The van der Waals surface area contributed by atoms with Crippen LogP contribution in [0, 0.1) is 0 Å². The van der Waals surface area contributed by atoms with Crippen LogP contribution >= 0.6 is 0 Å². The minimum absolute atomic E-state index is 0.00246. The highest BCUT2D eigenvalue weighted by molar-refractivity contribution is 5.98. The first-order chi connectivity index (χ1) is 11.2. The minimum atomic E-state index is -0.108. The van der Waals surface area contributed by atoms with E-state index in [4.69, 9.17) is 0 Å². The molecule has 0 aliphatic carbocycles. The molecule has 0 bridgehead atoms. The number of rotatable bonds is 2. The summed E-state index contributed by atoms with van der Waals surface area (Å²) in [5, 5.41) is 2.78. The number of urea groups is 1. The topological polar surface area (TPSA) is 52.7 Å². The monoisotopic (exact) mass is 307 g/mol. The second-order valence-corrected chi connectivity index (χ2v) is 5.86. The van der Waals surface area contributed by atoms with Gasteiger partial charge in [0.05, 0.1) is 0 Å². The first kappa shape index (κ1) is 13.8. The lowest BCUT2D eigenvalue weighted by atomic mass is 10.1. The lowest BCUT2D eigenvalue weighted by Crippen LogP contribution is -2.29. The second kappa shape index (κ2) is 5.43. The van der Waals surface area contributed by atoms with Crippen LogP contribution in [0.1, 0.15) is 21.5 Å². The molecule has 2 aliphatic heterocycles. The zero-order valence-electron chi connectivity index (χ0n) is 12.7. The molecule has 2 aromatic carbocycles. The molecular weight excluding hydrogens is 290 g/mol. The van der Waals surface area contributed by atoms with E-state index in [1.54, 1.807) is 11.0 Å². The average molecular weight is 307 g/mol. The number of carbonyl (C=O) groups is 2. The molecule has 1 saturated heterocycles.